The Morgan fingerprint density at radius 2 is 2.00 bits per heavy atom. The van der Waals surface area contributed by atoms with Gasteiger partial charge in [-0.15, -0.1) is 0 Å². The van der Waals surface area contributed by atoms with Crippen LogP contribution in [-0.2, 0) is 0 Å². The van der Waals surface area contributed by atoms with Crippen molar-refractivity contribution in [1.29, 1.82) is 0 Å². The van der Waals surface area contributed by atoms with Crippen LogP contribution >= 0.6 is 0 Å². The van der Waals surface area contributed by atoms with Crippen LogP contribution in [0.1, 0.15) is 52.0 Å². The van der Waals surface area contributed by atoms with E-state index in [-0.39, 0.29) is 0 Å². The van der Waals surface area contributed by atoms with E-state index in [2.05, 4.69) is 44.3 Å². The number of rotatable bonds is 5. The summed E-state index contributed by atoms with van der Waals surface area (Å²) in [5.74, 6) is 2.52. The molecule has 1 aromatic carbocycles. The van der Waals surface area contributed by atoms with Crippen molar-refractivity contribution in [3.8, 4) is 5.75 Å². The van der Waals surface area contributed by atoms with Crippen LogP contribution in [0, 0.1) is 18.8 Å². The zero-order valence-electron chi connectivity index (χ0n) is 13.4. The third-order valence-corrected chi connectivity index (χ3v) is 4.45. The van der Waals surface area contributed by atoms with Crippen LogP contribution in [0.2, 0.25) is 0 Å². The van der Waals surface area contributed by atoms with Crippen molar-refractivity contribution >= 4 is 5.69 Å². The number of anilines is 1. The number of aryl methyl sites for hydroxylation is 1. The van der Waals surface area contributed by atoms with E-state index in [4.69, 9.17) is 4.74 Å². The van der Waals surface area contributed by atoms with Crippen molar-refractivity contribution in [3.63, 3.8) is 0 Å². The smallest absolute Gasteiger partial charge is 0.142 e. The monoisotopic (exact) mass is 275 g/mol. The average Bonchev–Trinajstić information content (AvgIpc) is 2.42. The predicted octanol–water partition coefficient (Wildman–Crippen LogP) is 5.02. The maximum absolute atomic E-state index is 5.79. The highest BCUT2D eigenvalue weighted by molar-refractivity contribution is 5.58. The molecule has 1 aliphatic rings. The largest absolute Gasteiger partial charge is 0.492 e. The number of benzene rings is 1. The Hall–Kier alpha value is -1.18. The lowest BCUT2D eigenvalue weighted by atomic mass is 9.78. The Morgan fingerprint density at radius 1 is 1.25 bits per heavy atom. The topological polar surface area (TPSA) is 21.3 Å². The maximum Gasteiger partial charge on any atom is 0.142 e. The molecule has 2 rings (SSSR count). The van der Waals surface area contributed by atoms with Gasteiger partial charge in [0.1, 0.15) is 5.75 Å². The summed E-state index contributed by atoms with van der Waals surface area (Å²) in [5.41, 5.74) is 2.41. The first-order chi connectivity index (χ1) is 9.61. The van der Waals surface area contributed by atoms with E-state index in [1.807, 2.05) is 6.92 Å². The molecule has 1 aromatic rings. The number of hydrogen-bond donors (Lipinski definition) is 1. The molecule has 0 aromatic heterocycles. The van der Waals surface area contributed by atoms with Crippen molar-refractivity contribution in [2.24, 2.45) is 11.8 Å². The zero-order valence-corrected chi connectivity index (χ0v) is 13.4. The summed E-state index contributed by atoms with van der Waals surface area (Å²) in [4.78, 5) is 0. The second-order valence-electron chi connectivity index (χ2n) is 6.38. The fraction of sp³-hybridized carbons (Fsp3) is 0.667. The Bertz CT molecular complexity index is 427. The van der Waals surface area contributed by atoms with Crippen LogP contribution in [0.15, 0.2) is 18.2 Å². The molecule has 20 heavy (non-hydrogen) atoms. The molecule has 1 fully saturated rings. The molecule has 0 spiro atoms. The molecule has 2 nitrogen and oxygen atoms in total. The van der Waals surface area contributed by atoms with E-state index in [9.17, 15) is 0 Å². The molecular formula is C18H29NO. The highest BCUT2D eigenvalue weighted by atomic mass is 16.5. The van der Waals surface area contributed by atoms with Gasteiger partial charge in [0, 0.05) is 6.04 Å². The van der Waals surface area contributed by atoms with Gasteiger partial charge in [0.05, 0.1) is 12.3 Å². The van der Waals surface area contributed by atoms with E-state index < -0.39 is 0 Å². The number of ether oxygens (including phenoxy) is 1. The predicted molar refractivity (Wildman–Crippen MR) is 86.6 cm³/mol. The van der Waals surface area contributed by atoms with Crippen LogP contribution in [0.3, 0.4) is 0 Å². The molecule has 0 bridgehead atoms. The molecule has 2 atom stereocenters. The lowest BCUT2D eigenvalue weighted by Crippen LogP contribution is -2.35. The fourth-order valence-corrected chi connectivity index (χ4v) is 3.36. The number of hydrogen-bond acceptors (Lipinski definition) is 2. The van der Waals surface area contributed by atoms with Gasteiger partial charge in [-0.3, -0.25) is 0 Å². The summed E-state index contributed by atoms with van der Waals surface area (Å²) in [7, 11) is 0. The van der Waals surface area contributed by atoms with Crippen LogP contribution in [0.5, 0.6) is 5.75 Å². The van der Waals surface area contributed by atoms with Gasteiger partial charge in [0.15, 0.2) is 0 Å². The minimum Gasteiger partial charge on any atom is -0.492 e. The van der Waals surface area contributed by atoms with Crippen LogP contribution in [0.25, 0.3) is 0 Å². The quantitative estimate of drug-likeness (QED) is 0.814. The molecule has 0 heterocycles. The molecule has 2 heteroatoms. The van der Waals surface area contributed by atoms with Gasteiger partial charge in [-0.25, -0.2) is 0 Å². The van der Waals surface area contributed by atoms with E-state index >= 15 is 0 Å². The third kappa shape index (κ3) is 3.68. The summed E-state index contributed by atoms with van der Waals surface area (Å²) < 4.78 is 5.79. The van der Waals surface area contributed by atoms with Crippen molar-refractivity contribution in [3.05, 3.63) is 23.8 Å². The summed E-state index contributed by atoms with van der Waals surface area (Å²) in [5, 5.41) is 3.77. The third-order valence-electron chi connectivity index (χ3n) is 4.45. The summed E-state index contributed by atoms with van der Waals surface area (Å²) in [6, 6.07) is 7.06. The van der Waals surface area contributed by atoms with E-state index in [0.29, 0.717) is 6.04 Å². The van der Waals surface area contributed by atoms with Gasteiger partial charge in [0.2, 0.25) is 0 Å². The second kappa shape index (κ2) is 7.01. The van der Waals surface area contributed by atoms with E-state index in [0.717, 1.165) is 29.9 Å². The van der Waals surface area contributed by atoms with E-state index in [1.165, 1.54) is 31.2 Å². The molecule has 1 saturated carbocycles. The Morgan fingerprint density at radius 3 is 2.70 bits per heavy atom. The lowest BCUT2D eigenvalue weighted by Gasteiger charge is -2.36. The molecular weight excluding hydrogens is 246 g/mol. The first-order valence-corrected chi connectivity index (χ1v) is 8.11. The highest BCUT2D eigenvalue weighted by Crippen LogP contribution is 2.35. The van der Waals surface area contributed by atoms with Crippen LogP contribution in [-0.4, -0.2) is 12.6 Å². The first-order valence-electron chi connectivity index (χ1n) is 8.11. The van der Waals surface area contributed by atoms with Gasteiger partial charge < -0.3 is 10.1 Å². The van der Waals surface area contributed by atoms with Gasteiger partial charge in [-0.2, -0.15) is 0 Å². The van der Waals surface area contributed by atoms with Gasteiger partial charge in [-0.1, -0.05) is 32.8 Å². The zero-order chi connectivity index (χ0) is 14.5. The van der Waals surface area contributed by atoms with Crippen molar-refractivity contribution in [1.82, 2.24) is 0 Å². The minimum absolute atomic E-state index is 0.589. The van der Waals surface area contributed by atoms with Crippen LogP contribution in [0.4, 0.5) is 5.69 Å². The normalized spacial score (nSPS) is 22.9. The first kappa shape index (κ1) is 15.2. The summed E-state index contributed by atoms with van der Waals surface area (Å²) >= 11 is 0. The molecule has 1 aliphatic carbocycles. The summed E-state index contributed by atoms with van der Waals surface area (Å²) in [6.45, 7) is 9.58. The molecule has 112 valence electrons. The minimum atomic E-state index is 0.589. The van der Waals surface area contributed by atoms with Crippen molar-refractivity contribution in [2.75, 3.05) is 11.9 Å². The fourth-order valence-electron chi connectivity index (χ4n) is 3.36. The molecule has 0 radical (unpaired) electrons. The van der Waals surface area contributed by atoms with Crippen molar-refractivity contribution in [2.45, 2.75) is 59.4 Å². The Kier molecular flexibility index (Phi) is 5.33. The summed E-state index contributed by atoms with van der Waals surface area (Å²) in [6.07, 6.45) is 5.36. The van der Waals surface area contributed by atoms with E-state index in [1.54, 1.807) is 0 Å². The van der Waals surface area contributed by atoms with Crippen molar-refractivity contribution < 1.29 is 4.74 Å². The lowest BCUT2D eigenvalue weighted by molar-refractivity contribution is 0.253. The van der Waals surface area contributed by atoms with Gasteiger partial charge in [-0.05, 0) is 56.2 Å². The van der Waals surface area contributed by atoms with Crippen LogP contribution < -0.4 is 10.1 Å². The molecule has 0 amide bonds. The Balaban J connectivity index is 2.15. The second-order valence-corrected chi connectivity index (χ2v) is 6.38. The van der Waals surface area contributed by atoms with Gasteiger partial charge >= 0.3 is 0 Å². The molecule has 0 saturated heterocycles. The highest BCUT2D eigenvalue weighted by Gasteiger charge is 2.27. The standard InChI is InChI=1S/C18H29NO/c1-5-20-18-12-14(4)10-11-17(18)19-16-9-7-6-8-15(16)13(2)3/h10-13,15-16,19H,5-9H2,1-4H3. The molecule has 1 N–H and O–H groups in total. The average molecular weight is 275 g/mol. The molecule has 0 aliphatic heterocycles. The number of nitrogens with one attached hydrogen (secondary N) is 1. The Labute approximate surface area is 123 Å². The maximum atomic E-state index is 5.79. The molecule has 2 unspecified atom stereocenters. The SMILES string of the molecule is CCOc1cc(C)ccc1NC1CCCCC1C(C)C. The van der Waals surface area contributed by atoms with Gasteiger partial charge in [0.25, 0.3) is 0 Å².